The maximum Gasteiger partial charge on any atom is 0.411 e. The molecule has 0 saturated carbocycles. The molecule has 10 N–H and O–H groups in total. The Morgan fingerprint density at radius 1 is 0.495 bits per heavy atom. The van der Waals surface area contributed by atoms with Crippen LogP contribution in [0, 0.1) is 11.8 Å². The van der Waals surface area contributed by atoms with Crippen molar-refractivity contribution in [3.05, 3.63) is 145 Å². The van der Waals surface area contributed by atoms with E-state index in [0.717, 1.165) is 0 Å². The van der Waals surface area contributed by atoms with Crippen molar-refractivity contribution < 1.29 is 96.1 Å². The number of benzene rings is 4. The van der Waals surface area contributed by atoms with Crippen molar-refractivity contribution in [3.63, 3.8) is 0 Å². The highest BCUT2D eigenvalue weighted by Gasteiger charge is 2.36. The summed E-state index contributed by atoms with van der Waals surface area (Å²) in [6.45, 7) is 23.7. The molecule has 4 aromatic carbocycles. The molecule has 2 saturated heterocycles. The Bertz CT molecular complexity index is 3440. The number of aliphatic hydroxyl groups excluding tert-OH is 2. The van der Waals surface area contributed by atoms with Gasteiger partial charge >= 0.3 is 24.4 Å². The fourth-order valence-electron chi connectivity index (χ4n) is 10.4. The summed E-state index contributed by atoms with van der Waals surface area (Å²) in [4.78, 5) is 135. The van der Waals surface area contributed by atoms with Gasteiger partial charge in [-0.05, 0) is 86.1 Å². The van der Waals surface area contributed by atoms with Crippen LogP contribution in [0.4, 0.5) is 41.9 Å². The van der Waals surface area contributed by atoms with Crippen molar-refractivity contribution in [1.82, 2.24) is 31.1 Å². The van der Waals surface area contributed by atoms with Crippen LogP contribution in [0.3, 0.4) is 0 Å². The maximum absolute atomic E-state index is 14.3. The lowest BCUT2D eigenvalue weighted by atomic mass is 10.0. The number of ether oxygens (including phenoxy) is 8. The molecule has 10 amide bonds. The smallest absolute Gasteiger partial charge is 0.411 e. The van der Waals surface area contributed by atoms with E-state index in [4.69, 9.17) is 37.9 Å². The normalized spacial score (nSPS) is 15.1. The van der Waals surface area contributed by atoms with Crippen molar-refractivity contribution in [2.45, 2.75) is 110 Å². The molecule has 0 unspecified atom stereocenters. The number of carbonyl (C=O) groups is 10. The predicted octanol–water partition coefficient (Wildman–Crippen LogP) is 7.34. The van der Waals surface area contributed by atoms with Crippen LogP contribution in [0.5, 0.6) is 23.0 Å². The van der Waals surface area contributed by atoms with E-state index in [1.807, 2.05) is 0 Å². The van der Waals surface area contributed by atoms with Gasteiger partial charge in [-0.25, -0.2) is 19.2 Å². The molecule has 30 heteroatoms. The van der Waals surface area contributed by atoms with Gasteiger partial charge in [-0.3, -0.25) is 39.4 Å². The quantitative estimate of drug-likeness (QED) is 0.0124. The lowest BCUT2D eigenvalue weighted by molar-refractivity contribution is -0.128. The van der Waals surface area contributed by atoms with Gasteiger partial charge in [0.15, 0.2) is 23.0 Å². The van der Waals surface area contributed by atoms with Crippen molar-refractivity contribution in [2.24, 2.45) is 11.8 Å². The van der Waals surface area contributed by atoms with Gasteiger partial charge in [0, 0.05) is 43.0 Å². The van der Waals surface area contributed by atoms with Gasteiger partial charge in [0.2, 0.25) is 23.6 Å². The Morgan fingerprint density at radius 2 is 0.861 bits per heavy atom. The number of anilines is 4. The SMILES string of the molecule is C=CCOC(=O)N[C@H](C(=O)N[C@@H](C)C(=O)Nc1ccc(COC(=O)Nc2cc(OCCCOc3cc(NC(=O)OCc4ccc(NC(=O)[C@H](C)NC(=O)[C@@H](NC(=O)OCC=C)C(C)C)cc4)c(C(=O)N4CC(=C)C[C@H]4CO)cc3OC)c(OC)cc2C(=O)N2CC(=C)C[C@H]2CO)cc1)C(C)C. The van der Waals surface area contributed by atoms with Crippen LogP contribution in [-0.4, -0.2) is 183 Å². The Hall–Kier alpha value is -11.1. The minimum atomic E-state index is -1.01. The number of aliphatic hydroxyl groups is 2. The summed E-state index contributed by atoms with van der Waals surface area (Å²) in [5.41, 5.74) is 3.04. The summed E-state index contributed by atoms with van der Waals surface area (Å²) in [5.74, 6) is -3.70. The van der Waals surface area contributed by atoms with Crippen LogP contribution in [0.2, 0.25) is 0 Å². The van der Waals surface area contributed by atoms with Gasteiger partial charge in [-0.15, -0.1) is 0 Å². The average molecular weight is 1400 g/mol. The summed E-state index contributed by atoms with van der Waals surface area (Å²) >= 11 is 0. The number of rotatable bonds is 34. The Kier molecular flexibility index (Phi) is 29.9. The number of alkyl carbamates (subject to hydrolysis) is 2. The largest absolute Gasteiger partial charge is 0.493 e. The average Bonchev–Trinajstić information content (AvgIpc) is 1.79. The lowest BCUT2D eigenvalue weighted by Gasteiger charge is -2.25. The first-order valence-electron chi connectivity index (χ1n) is 32.4. The Balaban J connectivity index is 1.10. The van der Waals surface area contributed by atoms with Crippen LogP contribution in [0.1, 0.15) is 92.6 Å². The molecule has 2 heterocycles. The summed E-state index contributed by atoms with van der Waals surface area (Å²) < 4.78 is 44.8. The molecule has 6 atom stereocenters. The fraction of sp³-hybridized carbons (Fsp3) is 0.408. The molecule has 0 radical (unpaired) electrons. The second-order valence-electron chi connectivity index (χ2n) is 24.3. The second-order valence-corrected chi connectivity index (χ2v) is 24.3. The van der Waals surface area contributed by atoms with Gasteiger partial charge in [-0.1, -0.05) is 102 Å². The molecule has 6 rings (SSSR count). The first-order chi connectivity index (χ1) is 48.2. The van der Waals surface area contributed by atoms with E-state index in [9.17, 15) is 58.2 Å². The highest BCUT2D eigenvalue weighted by atomic mass is 16.6. The number of amides is 10. The lowest BCUT2D eigenvalue weighted by Crippen LogP contribution is -2.53. The van der Waals surface area contributed by atoms with E-state index >= 15 is 0 Å². The number of hydrogen-bond acceptors (Lipinski definition) is 20. The molecular weight excluding hydrogens is 1310 g/mol. The molecule has 0 spiro atoms. The number of hydrogen-bond donors (Lipinski definition) is 10. The van der Waals surface area contributed by atoms with Crippen molar-refractivity contribution in [2.75, 3.05) is 88.2 Å². The van der Waals surface area contributed by atoms with E-state index in [0.29, 0.717) is 46.5 Å². The zero-order valence-corrected chi connectivity index (χ0v) is 57.9. The molecule has 2 aliphatic rings. The first-order valence-corrected chi connectivity index (χ1v) is 32.4. The number of nitrogens with zero attached hydrogens (tertiary/aromatic N) is 2. The predicted molar refractivity (Wildman–Crippen MR) is 373 cm³/mol. The summed E-state index contributed by atoms with van der Waals surface area (Å²) in [7, 11) is 2.72. The van der Waals surface area contributed by atoms with Crippen LogP contribution in [-0.2, 0) is 51.3 Å². The highest BCUT2D eigenvalue weighted by molar-refractivity contribution is 6.05. The fourth-order valence-corrected chi connectivity index (χ4v) is 10.4. The maximum atomic E-state index is 14.3. The molecule has 2 aliphatic heterocycles. The minimum absolute atomic E-state index is 0.0230. The van der Waals surface area contributed by atoms with Gasteiger partial charge in [0.25, 0.3) is 11.8 Å². The van der Waals surface area contributed by atoms with Gasteiger partial charge in [-0.2, -0.15) is 0 Å². The third kappa shape index (κ3) is 23.0. The Labute approximate surface area is 585 Å². The molecule has 0 aliphatic carbocycles. The zero-order valence-electron chi connectivity index (χ0n) is 57.9. The molecule has 0 bridgehead atoms. The number of carbonyl (C=O) groups excluding carboxylic acids is 10. The van der Waals surface area contributed by atoms with E-state index < -0.39 is 96.1 Å². The molecule has 30 nitrogen and oxygen atoms in total. The van der Waals surface area contributed by atoms with Crippen LogP contribution in [0.25, 0.3) is 0 Å². The van der Waals surface area contributed by atoms with Crippen molar-refractivity contribution in [3.8, 4) is 23.0 Å². The molecular formula is C71H90N10O20. The van der Waals surface area contributed by atoms with Gasteiger partial charge in [0.05, 0.1) is 75.2 Å². The monoisotopic (exact) mass is 1400 g/mol. The third-order valence-electron chi connectivity index (χ3n) is 15.8. The molecule has 4 aromatic rings. The van der Waals surface area contributed by atoms with E-state index in [2.05, 4.69) is 68.9 Å². The molecule has 544 valence electrons. The van der Waals surface area contributed by atoms with Crippen LogP contribution in [0.15, 0.2) is 122 Å². The van der Waals surface area contributed by atoms with Gasteiger partial charge < -0.3 is 89.8 Å². The number of likely N-dealkylation sites (tertiary alicyclic amines) is 2. The number of nitrogens with one attached hydrogen (secondary N) is 8. The van der Waals surface area contributed by atoms with E-state index in [1.54, 1.807) is 76.2 Å². The first kappa shape index (κ1) is 78.9. The summed E-state index contributed by atoms with van der Waals surface area (Å²) in [5, 5.41) is 41.3. The van der Waals surface area contributed by atoms with Crippen LogP contribution < -0.4 is 61.5 Å². The van der Waals surface area contributed by atoms with Crippen molar-refractivity contribution >= 4 is 82.6 Å². The Morgan fingerprint density at radius 3 is 1.19 bits per heavy atom. The van der Waals surface area contributed by atoms with Crippen LogP contribution >= 0.6 is 0 Å². The number of methoxy groups -OCH3 is 2. The van der Waals surface area contributed by atoms with E-state index in [1.165, 1.54) is 74.3 Å². The molecule has 101 heavy (non-hydrogen) atoms. The minimum Gasteiger partial charge on any atom is -0.493 e. The highest BCUT2D eigenvalue weighted by Crippen LogP contribution is 2.38. The van der Waals surface area contributed by atoms with E-state index in [-0.39, 0.29) is 130 Å². The summed E-state index contributed by atoms with van der Waals surface area (Å²) in [6, 6.07) is 13.0. The summed E-state index contributed by atoms with van der Waals surface area (Å²) in [6.07, 6.45) is 0.0832. The molecule has 2 fully saturated rings. The molecule has 0 aromatic heterocycles. The zero-order chi connectivity index (χ0) is 74.0. The van der Waals surface area contributed by atoms with Gasteiger partial charge in [0.1, 0.15) is 50.6 Å². The topological polar surface area (TPSA) is 388 Å². The second kappa shape index (κ2) is 38.3. The third-order valence-corrected chi connectivity index (χ3v) is 15.8. The standard InChI is InChI=1S/C71H90N10O20/c1-13-24-98-70(92)78-60(40(3)4)64(86)72-44(9)62(84)74-48-20-16-46(17-21-48)38-100-68(90)76-54-32-58(56(94-11)30-52(54)66(88)80-34-42(7)28-50(80)36-82)96-26-15-27-97-59-33-55(53(31-57(59)95-12)67(89)81-35-43(8)29-51(81)37-83)77-69(91)101-39-47-18-22-49(23-19-47)75-63(85)45(10)73-65(87)61(41(5)6)79-71(93)99-25-14-2/h13-14,16-23,30-33,40-41,44-45,50-51,60-61,82-83H,1-2,7-8,15,24-29,34-39H2,3-6,9-12H3,(H,72,86)(H,73,87)(H,74,84)(H,75,85)(H,76,90)(H,77,91)(H,78,92)(H,79,93)/t44-,45-,50-,51-,60-,61-/m0/s1. The van der Waals surface area contributed by atoms with Crippen molar-refractivity contribution in [1.29, 1.82) is 0 Å².